The Balaban J connectivity index is 0.000000263. The van der Waals surface area contributed by atoms with Gasteiger partial charge in [0.1, 0.15) is 22.9 Å². The molecule has 20 heteroatoms. The van der Waals surface area contributed by atoms with E-state index in [1.54, 1.807) is 24.3 Å². The van der Waals surface area contributed by atoms with Crippen LogP contribution in [0.3, 0.4) is 0 Å². The van der Waals surface area contributed by atoms with Gasteiger partial charge in [-0.1, -0.05) is 77.8 Å². The number of allylic oxidation sites excluding steroid dienone is 2. The zero-order chi connectivity index (χ0) is 41.4. The number of ketones is 2. The quantitative estimate of drug-likeness (QED) is 0.0693. The van der Waals surface area contributed by atoms with Crippen molar-refractivity contribution < 1.29 is 47.9 Å². The number of halogens is 4. The molecule has 303 valence electrons. The first-order chi connectivity index (χ1) is 27.2. The van der Waals surface area contributed by atoms with Gasteiger partial charge in [0.2, 0.25) is 11.6 Å². The zero-order valence-corrected chi connectivity index (χ0v) is 33.8. The molecule has 7 rings (SSSR count). The van der Waals surface area contributed by atoms with E-state index in [1.807, 2.05) is 0 Å². The molecule has 6 N–H and O–H groups in total. The van der Waals surface area contributed by atoms with Crippen LogP contribution in [0.25, 0.3) is 12.2 Å². The zero-order valence-electron chi connectivity index (χ0n) is 30.8. The minimum absolute atomic E-state index is 0. The predicted octanol–water partition coefficient (Wildman–Crippen LogP) is 9.96. The van der Waals surface area contributed by atoms with Gasteiger partial charge in [0.25, 0.3) is 11.4 Å². The normalized spacial score (nSPS) is 15.5. The molecule has 0 spiro atoms. The Morgan fingerprint density at radius 1 is 0.638 bits per heavy atom. The fourth-order valence-corrected chi connectivity index (χ4v) is 6.60. The van der Waals surface area contributed by atoms with Crippen LogP contribution >= 0.6 is 46.4 Å². The van der Waals surface area contributed by atoms with E-state index in [0.717, 1.165) is 12.1 Å². The van der Waals surface area contributed by atoms with Gasteiger partial charge in [-0.2, -0.15) is 10.2 Å². The van der Waals surface area contributed by atoms with Crippen LogP contribution in [-0.2, 0) is 16.8 Å². The number of aromatic hydroxyl groups is 2. The summed E-state index contributed by atoms with van der Waals surface area (Å²) in [4.78, 5) is 45.1. The van der Waals surface area contributed by atoms with Gasteiger partial charge in [-0.05, 0) is 61.4 Å². The van der Waals surface area contributed by atoms with Crippen LogP contribution < -0.4 is 16.6 Å². The molecule has 1 fully saturated rings. The number of hydrazone groups is 2. The number of phenolic OH excluding ortho intramolecular Hbond substituents is 2. The van der Waals surface area contributed by atoms with Gasteiger partial charge in [0.05, 0.1) is 54.5 Å². The molecule has 0 aromatic heterocycles. The largest absolute Gasteiger partial charge is 1.00 e. The van der Waals surface area contributed by atoms with E-state index >= 15 is 0 Å². The summed E-state index contributed by atoms with van der Waals surface area (Å²) < 4.78 is 0. The molecular formula is C38H32Cl4CoN7O8+. The summed E-state index contributed by atoms with van der Waals surface area (Å²) in [6.07, 6.45) is 12.8. The van der Waals surface area contributed by atoms with Crippen LogP contribution in [-0.4, -0.2) is 49.1 Å². The number of rotatable bonds is 6. The summed E-state index contributed by atoms with van der Waals surface area (Å²) in [5.74, 6) is -1.60. The second kappa shape index (κ2) is 20.4. The maximum Gasteiger partial charge on any atom is 1.00 e. The van der Waals surface area contributed by atoms with Gasteiger partial charge in [0, 0.05) is 56.1 Å². The van der Waals surface area contributed by atoms with Crippen molar-refractivity contribution >= 4 is 104 Å². The van der Waals surface area contributed by atoms with E-state index in [4.69, 9.17) is 52.1 Å². The third-order valence-electron chi connectivity index (χ3n) is 8.65. The number of Topliss-reactive ketones (excluding diaryl/α,β-unsaturated/α-hetero) is 2. The third-order valence-corrected chi connectivity index (χ3v) is 9.93. The summed E-state index contributed by atoms with van der Waals surface area (Å²) in [6, 6.07) is 13.7. The van der Waals surface area contributed by atoms with Crippen LogP contribution in [0.1, 0.15) is 65.4 Å². The van der Waals surface area contributed by atoms with Crippen molar-refractivity contribution in [2.45, 2.75) is 38.1 Å². The van der Waals surface area contributed by atoms with Gasteiger partial charge >= 0.3 is 1.43 Å². The molecule has 3 aliphatic rings. The Hall–Kier alpha value is -5.33. The number of carbonyl (C=O) groups is 2. The number of carbonyl (C=O) groups excluding carboxylic acids is 2. The van der Waals surface area contributed by atoms with E-state index in [0.29, 0.717) is 27.2 Å². The second-order valence-electron chi connectivity index (χ2n) is 12.5. The summed E-state index contributed by atoms with van der Waals surface area (Å²) in [6.45, 7) is 0. The summed E-state index contributed by atoms with van der Waals surface area (Å²) >= 11 is 24.3. The SMILES string of the molecule is NC1CCCCC1.O=C1/C(=N\Nc2ccc([N+](=O)[O-])cc2O)C=Cc2c(Cl)ccc(Cl)c21.O=C1/C(=N\Nc2ccc([N+](=O)[O-])cc2O)C=Cc2c(Cl)ccc(Cl)c21.[Co].[H+]. The first-order valence-electron chi connectivity index (χ1n) is 17.0. The molecule has 0 amide bonds. The molecule has 0 atom stereocenters. The maximum atomic E-state index is 12.5. The summed E-state index contributed by atoms with van der Waals surface area (Å²) in [5, 5.41) is 50.1. The molecule has 1 saturated carbocycles. The summed E-state index contributed by atoms with van der Waals surface area (Å²) in [7, 11) is 0. The van der Waals surface area contributed by atoms with Crippen molar-refractivity contribution in [3.8, 4) is 11.5 Å². The van der Waals surface area contributed by atoms with Crippen molar-refractivity contribution in [3.63, 3.8) is 0 Å². The number of hydrogen-bond acceptors (Lipinski definition) is 13. The van der Waals surface area contributed by atoms with Crippen molar-refractivity contribution in [2.24, 2.45) is 15.9 Å². The Morgan fingerprint density at radius 3 is 1.34 bits per heavy atom. The molecule has 15 nitrogen and oxygen atoms in total. The minimum Gasteiger partial charge on any atom is -0.505 e. The van der Waals surface area contributed by atoms with E-state index in [1.165, 1.54) is 80.7 Å². The topological polar surface area (TPSA) is 236 Å². The van der Waals surface area contributed by atoms with Crippen LogP contribution in [0, 0.1) is 20.2 Å². The number of nitro groups is 2. The number of nitrogens with zero attached hydrogens (tertiary/aromatic N) is 4. The smallest absolute Gasteiger partial charge is 0.505 e. The monoisotopic (exact) mass is 913 g/mol. The van der Waals surface area contributed by atoms with Gasteiger partial charge < -0.3 is 15.9 Å². The average molecular weight is 915 g/mol. The minimum atomic E-state index is -0.633. The molecule has 0 heterocycles. The van der Waals surface area contributed by atoms with E-state index < -0.39 is 21.4 Å². The van der Waals surface area contributed by atoms with E-state index in [9.17, 15) is 40.0 Å². The number of nitrogens with one attached hydrogen (secondary N) is 2. The number of nitro benzene ring substituents is 2. The second-order valence-corrected chi connectivity index (χ2v) is 14.1. The van der Waals surface area contributed by atoms with Crippen LogP contribution in [0.5, 0.6) is 11.5 Å². The number of phenols is 2. The Bertz CT molecular complexity index is 2250. The molecule has 1 radical (unpaired) electrons. The number of anilines is 2. The van der Waals surface area contributed by atoms with Crippen molar-refractivity contribution in [1.29, 1.82) is 0 Å². The molecule has 0 saturated heterocycles. The number of non-ortho nitro benzene ring substituents is 2. The number of hydrogen-bond donors (Lipinski definition) is 5. The predicted molar refractivity (Wildman–Crippen MR) is 223 cm³/mol. The standard InChI is InChI=1S/2C16H9Cl2N3O4.C6H13N.Co/c2*17-10-3-4-11(18)15-9(10)2-6-13(16(15)23)20-19-12-5-1-8(21(24)25)7-14(12)22;7-6-4-2-1-3-5-6;/h2*1-7,19,22H;6H,1-5,7H2;/p+1/b2*20-13-;;. The molecule has 0 unspecified atom stereocenters. The van der Waals surface area contributed by atoms with E-state index in [-0.39, 0.29) is 85.0 Å². The molecule has 3 aliphatic carbocycles. The van der Waals surface area contributed by atoms with Crippen molar-refractivity contribution in [2.75, 3.05) is 10.9 Å². The van der Waals surface area contributed by atoms with Gasteiger partial charge in [0.15, 0.2) is 0 Å². The van der Waals surface area contributed by atoms with Crippen molar-refractivity contribution in [3.05, 3.63) is 135 Å². The number of nitrogens with two attached hydrogens (primary N) is 1. The van der Waals surface area contributed by atoms with Gasteiger partial charge in [-0.25, -0.2) is 0 Å². The Labute approximate surface area is 362 Å². The molecule has 0 aliphatic heterocycles. The average Bonchev–Trinajstić information content (AvgIpc) is 3.18. The van der Waals surface area contributed by atoms with Crippen LogP contribution in [0.2, 0.25) is 20.1 Å². The van der Waals surface area contributed by atoms with E-state index in [2.05, 4.69) is 21.1 Å². The molecule has 4 aromatic carbocycles. The van der Waals surface area contributed by atoms with Crippen LogP contribution in [0.4, 0.5) is 22.7 Å². The molecular weight excluding hydrogens is 883 g/mol. The number of benzene rings is 4. The molecule has 4 aromatic rings. The molecule has 58 heavy (non-hydrogen) atoms. The first-order valence-corrected chi connectivity index (χ1v) is 18.5. The van der Waals surface area contributed by atoms with Gasteiger partial charge in [-0.3, -0.25) is 40.7 Å². The molecule has 0 bridgehead atoms. The van der Waals surface area contributed by atoms with Crippen molar-refractivity contribution in [1.82, 2.24) is 0 Å². The fraction of sp³-hybridized carbons (Fsp3) is 0.158. The third kappa shape index (κ3) is 11.0. The Morgan fingerprint density at radius 2 is 1.02 bits per heavy atom. The van der Waals surface area contributed by atoms with Gasteiger partial charge in [-0.15, -0.1) is 0 Å². The number of fused-ring (bicyclic) bond motifs is 2. The first kappa shape index (κ1) is 45.4. The maximum absolute atomic E-state index is 12.5. The van der Waals surface area contributed by atoms with Crippen LogP contribution in [0.15, 0.2) is 83.0 Å². The summed E-state index contributed by atoms with van der Waals surface area (Å²) in [5.41, 5.74) is 12.0. The fourth-order valence-electron chi connectivity index (χ4n) is 5.66. The Kier molecular flexibility index (Phi) is 15.9.